The van der Waals surface area contributed by atoms with Gasteiger partial charge in [0.1, 0.15) is 5.82 Å². The van der Waals surface area contributed by atoms with Crippen LogP contribution in [0.2, 0.25) is 0 Å². The summed E-state index contributed by atoms with van der Waals surface area (Å²) in [5.41, 5.74) is -4.27. The third-order valence-corrected chi connectivity index (χ3v) is 3.47. The number of rotatable bonds is 6. The molecule has 0 unspecified atom stereocenters. The molecule has 5 nitrogen and oxygen atoms in total. The van der Waals surface area contributed by atoms with Crippen LogP contribution in [0.5, 0.6) is 0 Å². The molecule has 0 radical (unpaired) electrons. The number of aromatic nitrogens is 3. The third kappa shape index (κ3) is 5.17. The Balaban J connectivity index is 2.58. The third-order valence-electron chi connectivity index (χ3n) is 1.81. The van der Waals surface area contributed by atoms with Gasteiger partial charge in [-0.1, -0.05) is 11.8 Å². The molecule has 1 rings (SSSR count). The van der Waals surface area contributed by atoms with Gasteiger partial charge in [-0.25, -0.2) is 0 Å². The Labute approximate surface area is 109 Å². The SMILES string of the molecule is Cc1nnc(SCC(=O)O)n1CCSC(F)(F)F. The molecule has 0 atom stereocenters. The molecule has 10 heteroatoms. The molecule has 0 aliphatic heterocycles. The molecular formula is C8H10F3N3O2S2. The number of hydrogen-bond donors (Lipinski definition) is 1. The Bertz CT molecular complexity index is 422. The number of nitrogens with zero attached hydrogens (tertiary/aromatic N) is 3. The van der Waals surface area contributed by atoms with Gasteiger partial charge in [0.2, 0.25) is 0 Å². The fraction of sp³-hybridized carbons (Fsp3) is 0.625. The van der Waals surface area contributed by atoms with E-state index in [-0.39, 0.29) is 29.8 Å². The predicted octanol–water partition coefficient (Wildman–Crippen LogP) is 2.02. The molecule has 1 N–H and O–H groups in total. The summed E-state index contributed by atoms with van der Waals surface area (Å²) in [4.78, 5) is 10.4. The average molecular weight is 301 g/mol. The van der Waals surface area contributed by atoms with Crippen molar-refractivity contribution in [2.24, 2.45) is 0 Å². The van der Waals surface area contributed by atoms with E-state index in [1.54, 1.807) is 6.92 Å². The number of hydrogen-bond acceptors (Lipinski definition) is 5. The summed E-state index contributed by atoms with van der Waals surface area (Å²) in [5.74, 6) is -0.921. The van der Waals surface area contributed by atoms with Crippen LogP contribution in [0.1, 0.15) is 5.82 Å². The van der Waals surface area contributed by atoms with E-state index >= 15 is 0 Å². The minimum Gasteiger partial charge on any atom is -0.481 e. The zero-order valence-electron chi connectivity index (χ0n) is 9.27. The first-order valence-corrected chi connectivity index (χ1v) is 6.72. The quantitative estimate of drug-likeness (QED) is 0.811. The predicted molar refractivity (Wildman–Crippen MR) is 61.6 cm³/mol. The lowest BCUT2D eigenvalue weighted by atomic mass is 10.6. The van der Waals surface area contributed by atoms with Crippen LogP contribution < -0.4 is 0 Å². The highest BCUT2D eigenvalue weighted by molar-refractivity contribution is 8.00. The molecule has 0 aromatic carbocycles. The lowest BCUT2D eigenvalue weighted by Crippen LogP contribution is -2.10. The molecule has 0 fully saturated rings. The number of aliphatic carboxylic acids is 1. The highest BCUT2D eigenvalue weighted by Gasteiger charge is 2.27. The van der Waals surface area contributed by atoms with E-state index in [1.165, 1.54) is 4.57 Å². The van der Waals surface area contributed by atoms with E-state index in [0.717, 1.165) is 11.8 Å². The molecule has 1 aromatic heterocycles. The number of aryl methyl sites for hydroxylation is 1. The van der Waals surface area contributed by atoms with Crippen LogP contribution >= 0.6 is 23.5 Å². The Morgan fingerprint density at radius 2 is 2.11 bits per heavy atom. The van der Waals surface area contributed by atoms with E-state index in [9.17, 15) is 18.0 Å². The summed E-state index contributed by atoms with van der Waals surface area (Å²) >= 11 is 0.805. The highest BCUT2D eigenvalue weighted by Crippen LogP contribution is 2.30. The molecular weight excluding hydrogens is 291 g/mol. The summed E-state index contributed by atoms with van der Waals surface area (Å²) in [6.45, 7) is 1.70. The maximum atomic E-state index is 12.0. The molecule has 0 aliphatic carbocycles. The van der Waals surface area contributed by atoms with Crippen LogP contribution in [0.15, 0.2) is 5.16 Å². The molecule has 0 saturated carbocycles. The molecule has 1 aromatic rings. The standard InChI is InChI=1S/C8H10F3N3O2S2/c1-5-12-13-7(17-4-6(15)16)14(5)2-3-18-8(9,10)11/h2-4H2,1H3,(H,15,16). The van der Waals surface area contributed by atoms with Gasteiger partial charge in [0.25, 0.3) is 0 Å². The van der Waals surface area contributed by atoms with E-state index in [2.05, 4.69) is 10.2 Å². The summed E-state index contributed by atoms with van der Waals surface area (Å²) < 4.78 is 37.4. The maximum Gasteiger partial charge on any atom is 0.441 e. The normalized spacial score (nSPS) is 11.8. The number of thioether (sulfide) groups is 2. The molecule has 0 aliphatic rings. The summed E-state index contributed by atoms with van der Waals surface area (Å²) in [7, 11) is 0. The molecule has 0 amide bonds. The van der Waals surface area contributed by atoms with E-state index in [4.69, 9.17) is 5.11 Å². The Morgan fingerprint density at radius 1 is 1.44 bits per heavy atom. The lowest BCUT2D eigenvalue weighted by Gasteiger charge is -2.08. The molecule has 0 spiro atoms. The van der Waals surface area contributed by atoms with Crippen LogP contribution in [0, 0.1) is 6.92 Å². The highest BCUT2D eigenvalue weighted by atomic mass is 32.2. The monoisotopic (exact) mass is 301 g/mol. The number of carboxylic acids is 1. The van der Waals surface area contributed by atoms with Crippen molar-refractivity contribution in [1.82, 2.24) is 14.8 Å². The van der Waals surface area contributed by atoms with Crippen molar-refractivity contribution < 1.29 is 23.1 Å². The largest absolute Gasteiger partial charge is 0.481 e. The first kappa shape index (κ1) is 15.2. The Kier molecular flexibility index (Phi) is 5.32. The Morgan fingerprint density at radius 3 is 2.67 bits per heavy atom. The Hall–Kier alpha value is -0.900. The minimum absolute atomic E-state index is 0.0883. The van der Waals surface area contributed by atoms with Crippen molar-refractivity contribution in [1.29, 1.82) is 0 Å². The van der Waals surface area contributed by atoms with Crippen LogP contribution in [0.4, 0.5) is 13.2 Å². The van der Waals surface area contributed by atoms with E-state index < -0.39 is 11.5 Å². The second-order valence-electron chi connectivity index (χ2n) is 3.16. The van der Waals surface area contributed by atoms with Gasteiger partial charge in [-0.15, -0.1) is 10.2 Å². The number of halogens is 3. The topological polar surface area (TPSA) is 68.0 Å². The lowest BCUT2D eigenvalue weighted by molar-refractivity contribution is -0.133. The molecule has 102 valence electrons. The van der Waals surface area contributed by atoms with Gasteiger partial charge in [-0.3, -0.25) is 4.79 Å². The van der Waals surface area contributed by atoms with E-state index in [1.807, 2.05) is 0 Å². The van der Waals surface area contributed by atoms with Gasteiger partial charge in [-0.05, 0) is 18.7 Å². The second-order valence-corrected chi connectivity index (χ2v) is 5.26. The summed E-state index contributed by atoms with van der Waals surface area (Å²) in [5, 5.41) is 16.3. The van der Waals surface area contributed by atoms with Crippen LogP contribution in [0.3, 0.4) is 0 Å². The van der Waals surface area contributed by atoms with Crippen LogP contribution in [-0.2, 0) is 11.3 Å². The van der Waals surface area contributed by atoms with Gasteiger partial charge < -0.3 is 9.67 Å². The van der Waals surface area contributed by atoms with Gasteiger partial charge in [-0.2, -0.15) is 13.2 Å². The van der Waals surface area contributed by atoms with Gasteiger partial charge >= 0.3 is 11.5 Å². The number of alkyl halides is 3. The summed E-state index contributed by atoms with van der Waals surface area (Å²) in [6.07, 6.45) is 0. The van der Waals surface area contributed by atoms with Gasteiger partial charge in [0.15, 0.2) is 5.16 Å². The van der Waals surface area contributed by atoms with Gasteiger partial charge in [0, 0.05) is 12.3 Å². The zero-order valence-corrected chi connectivity index (χ0v) is 10.9. The van der Waals surface area contributed by atoms with Crippen molar-refractivity contribution in [2.75, 3.05) is 11.5 Å². The summed E-state index contributed by atoms with van der Waals surface area (Å²) in [6, 6.07) is 0. The van der Waals surface area contributed by atoms with Crippen molar-refractivity contribution in [3.8, 4) is 0 Å². The van der Waals surface area contributed by atoms with Crippen LogP contribution in [0.25, 0.3) is 0 Å². The fourth-order valence-corrected chi connectivity index (χ4v) is 2.34. The fourth-order valence-electron chi connectivity index (χ4n) is 1.10. The van der Waals surface area contributed by atoms with Crippen LogP contribution in [-0.4, -0.2) is 42.9 Å². The average Bonchev–Trinajstić information content (AvgIpc) is 2.56. The molecule has 1 heterocycles. The molecule has 0 saturated heterocycles. The number of carboxylic acid groups (broad SMARTS) is 1. The first-order valence-electron chi connectivity index (χ1n) is 4.74. The zero-order chi connectivity index (χ0) is 13.8. The van der Waals surface area contributed by atoms with E-state index in [0.29, 0.717) is 11.0 Å². The maximum absolute atomic E-state index is 12.0. The van der Waals surface area contributed by atoms with Crippen molar-refractivity contribution in [3.05, 3.63) is 5.82 Å². The minimum atomic E-state index is -4.27. The van der Waals surface area contributed by atoms with Crippen molar-refractivity contribution in [2.45, 2.75) is 24.1 Å². The smallest absolute Gasteiger partial charge is 0.441 e. The molecule has 0 bridgehead atoms. The number of carbonyl (C=O) groups is 1. The first-order chi connectivity index (χ1) is 8.29. The van der Waals surface area contributed by atoms with Crippen molar-refractivity contribution in [3.63, 3.8) is 0 Å². The molecule has 18 heavy (non-hydrogen) atoms. The van der Waals surface area contributed by atoms with Crippen molar-refractivity contribution >= 4 is 29.5 Å². The second kappa shape index (κ2) is 6.32. The van der Waals surface area contributed by atoms with Gasteiger partial charge in [0.05, 0.1) is 5.75 Å².